The molecule has 1 N–H and O–H groups in total. The molecule has 3 rings (SSSR count). The Morgan fingerprint density at radius 1 is 1.35 bits per heavy atom. The lowest BCUT2D eigenvalue weighted by molar-refractivity contribution is -0.136. The third-order valence-electron chi connectivity index (χ3n) is 4.78. The Hall–Kier alpha value is -1.36. The summed E-state index contributed by atoms with van der Waals surface area (Å²) in [5, 5.41) is 7.62. The van der Waals surface area contributed by atoms with Gasteiger partial charge in [0, 0.05) is 45.3 Å². The Morgan fingerprint density at radius 3 is 2.75 bits per heavy atom. The molecule has 0 bridgehead atoms. The van der Waals surface area contributed by atoms with E-state index in [2.05, 4.69) is 22.2 Å². The van der Waals surface area contributed by atoms with Crippen LogP contribution < -0.4 is 5.32 Å². The van der Waals surface area contributed by atoms with Crippen molar-refractivity contribution in [3.05, 3.63) is 18.0 Å². The van der Waals surface area contributed by atoms with E-state index in [1.165, 1.54) is 5.56 Å². The molecule has 2 atom stereocenters. The molecule has 1 aromatic heterocycles. The molecule has 2 aliphatic heterocycles. The summed E-state index contributed by atoms with van der Waals surface area (Å²) < 4.78 is 1.82. The molecule has 0 unspecified atom stereocenters. The summed E-state index contributed by atoms with van der Waals surface area (Å²) >= 11 is 0. The topological polar surface area (TPSA) is 50.2 Å². The molecule has 0 spiro atoms. The normalized spacial score (nSPS) is 28.0. The summed E-state index contributed by atoms with van der Waals surface area (Å²) in [4.78, 5) is 14.8. The molecule has 1 aromatic rings. The molecule has 2 fully saturated rings. The first-order valence-electron chi connectivity index (χ1n) is 7.63. The van der Waals surface area contributed by atoms with Crippen LogP contribution in [0.5, 0.6) is 0 Å². The Balaban J connectivity index is 1.70. The summed E-state index contributed by atoms with van der Waals surface area (Å²) in [6.07, 6.45) is 6.22. The van der Waals surface area contributed by atoms with E-state index in [9.17, 15) is 4.79 Å². The third kappa shape index (κ3) is 2.59. The molecule has 2 aliphatic rings. The summed E-state index contributed by atoms with van der Waals surface area (Å²) in [6, 6.07) is 0. The highest BCUT2D eigenvalue weighted by atomic mass is 16.2. The van der Waals surface area contributed by atoms with Crippen LogP contribution in [0.4, 0.5) is 0 Å². The quantitative estimate of drug-likeness (QED) is 0.876. The second-order valence-electron chi connectivity index (χ2n) is 6.33. The maximum absolute atomic E-state index is 12.8. The van der Waals surface area contributed by atoms with Crippen molar-refractivity contribution in [1.82, 2.24) is 20.0 Å². The number of aryl methyl sites for hydroxylation is 1. The van der Waals surface area contributed by atoms with Gasteiger partial charge in [-0.1, -0.05) is 6.92 Å². The fourth-order valence-corrected chi connectivity index (χ4v) is 3.38. The lowest BCUT2D eigenvalue weighted by Gasteiger charge is -2.33. The molecule has 0 aliphatic carbocycles. The SMILES string of the molecule is CC1CCN(C(=O)[C@H]2CNC[C@@H]2c2cnn(C)c2)CC1. The number of nitrogens with zero attached hydrogens (tertiary/aromatic N) is 3. The van der Waals surface area contributed by atoms with Gasteiger partial charge >= 0.3 is 0 Å². The maximum atomic E-state index is 12.8. The first kappa shape index (κ1) is 13.6. The van der Waals surface area contributed by atoms with E-state index in [1.807, 2.05) is 24.1 Å². The number of nitrogens with one attached hydrogen (secondary N) is 1. The van der Waals surface area contributed by atoms with Gasteiger partial charge in [-0.05, 0) is 24.3 Å². The summed E-state index contributed by atoms with van der Waals surface area (Å²) in [6.45, 7) is 5.81. The number of aromatic nitrogens is 2. The minimum absolute atomic E-state index is 0.0765. The van der Waals surface area contributed by atoms with E-state index in [4.69, 9.17) is 0 Å². The van der Waals surface area contributed by atoms with Crippen molar-refractivity contribution in [2.45, 2.75) is 25.7 Å². The highest BCUT2D eigenvalue weighted by Crippen LogP contribution is 2.30. The van der Waals surface area contributed by atoms with Gasteiger partial charge in [-0.2, -0.15) is 5.10 Å². The summed E-state index contributed by atoms with van der Waals surface area (Å²) in [7, 11) is 1.93. The zero-order valence-electron chi connectivity index (χ0n) is 12.4. The number of likely N-dealkylation sites (tertiary alicyclic amines) is 1. The Labute approximate surface area is 120 Å². The van der Waals surface area contributed by atoms with Crippen molar-refractivity contribution < 1.29 is 4.79 Å². The van der Waals surface area contributed by atoms with Crippen LogP contribution in [0.15, 0.2) is 12.4 Å². The number of rotatable bonds is 2. The van der Waals surface area contributed by atoms with Gasteiger partial charge < -0.3 is 10.2 Å². The van der Waals surface area contributed by atoms with Crippen LogP contribution in [0.2, 0.25) is 0 Å². The van der Waals surface area contributed by atoms with Crippen LogP contribution >= 0.6 is 0 Å². The number of hydrogen-bond acceptors (Lipinski definition) is 3. The van der Waals surface area contributed by atoms with Gasteiger partial charge in [0.1, 0.15) is 0 Å². The fourth-order valence-electron chi connectivity index (χ4n) is 3.38. The highest BCUT2D eigenvalue weighted by Gasteiger charge is 2.37. The zero-order valence-corrected chi connectivity index (χ0v) is 12.4. The molecule has 5 nitrogen and oxygen atoms in total. The predicted molar refractivity (Wildman–Crippen MR) is 77.3 cm³/mol. The molecule has 3 heterocycles. The molecule has 0 radical (unpaired) electrons. The number of amides is 1. The van der Waals surface area contributed by atoms with Crippen LogP contribution in [-0.4, -0.2) is 46.8 Å². The lowest BCUT2D eigenvalue weighted by atomic mass is 9.88. The highest BCUT2D eigenvalue weighted by molar-refractivity contribution is 5.80. The van der Waals surface area contributed by atoms with E-state index in [0.717, 1.165) is 44.9 Å². The van der Waals surface area contributed by atoms with Crippen molar-refractivity contribution in [2.75, 3.05) is 26.2 Å². The predicted octanol–water partition coefficient (Wildman–Crippen LogP) is 0.982. The summed E-state index contributed by atoms with van der Waals surface area (Å²) in [5.74, 6) is 1.44. The maximum Gasteiger partial charge on any atom is 0.227 e. The van der Waals surface area contributed by atoms with Gasteiger partial charge in [-0.15, -0.1) is 0 Å². The molecular formula is C15H24N4O. The lowest BCUT2D eigenvalue weighted by Crippen LogP contribution is -2.43. The van der Waals surface area contributed by atoms with Gasteiger partial charge in [-0.25, -0.2) is 0 Å². The number of carbonyl (C=O) groups is 1. The van der Waals surface area contributed by atoms with E-state index in [1.54, 1.807) is 0 Å². The van der Waals surface area contributed by atoms with E-state index in [0.29, 0.717) is 5.91 Å². The van der Waals surface area contributed by atoms with Crippen molar-refractivity contribution >= 4 is 5.91 Å². The van der Waals surface area contributed by atoms with Gasteiger partial charge in [0.25, 0.3) is 0 Å². The van der Waals surface area contributed by atoms with E-state index >= 15 is 0 Å². The van der Waals surface area contributed by atoms with E-state index in [-0.39, 0.29) is 11.8 Å². The van der Waals surface area contributed by atoms with Crippen molar-refractivity contribution in [2.24, 2.45) is 18.9 Å². The van der Waals surface area contributed by atoms with Crippen LogP contribution in [0.25, 0.3) is 0 Å². The van der Waals surface area contributed by atoms with E-state index < -0.39 is 0 Å². The van der Waals surface area contributed by atoms with Crippen molar-refractivity contribution in [1.29, 1.82) is 0 Å². The molecule has 1 amide bonds. The first-order chi connectivity index (χ1) is 9.65. The van der Waals surface area contributed by atoms with Gasteiger partial charge in [0.15, 0.2) is 0 Å². The third-order valence-corrected chi connectivity index (χ3v) is 4.78. The molecule has 2 saturated heterocycles. The van der Waals surface area contributed by atoms with Crippen LogP contribution in [0.3, 0.4) is 0 Å². The average molecular weight is 276 g/mol. The van der Waals surface area contributed by atoms with Crippen molar-refractivity contribution in [3.63, 3.8) is 0 Å². The minimum atomic E-state index is 0.0765. The molecular weight excluding hydrogens is 252 g/mol. The molecule has 20 heavy (non-hydrogen) atoms. The largest absolute Gasteiger partial charge is 0.342 e. The molecule has 110 valence electrons. The van der Waals surface area contributed by atoms with Crippen LogP contribution in [0, 0.1) is 11.8 Å². The second-order valence-corrected chi connectivity index (χ2v) is 6.33. The first-order valence-corrected chi connectivity index (χ1v) is 7.63. The van der Waals surface area contributed by atoms with Crippen LogP contribution in [0.1, 0.15) is 31.2 Å². The van der Waals surface area contributed by atoms with Gasteiger partial charge in [0.05, 0.1) is 12.1 Å². The number of carbonyl (C=O) groups excluding carboxylic acids is 1. The second kappa shape index (κ2) is 5.56. The zero-order chi connectivity index (χ0) is 14.1. The molecule has 5 heteroatoms. The smallest absolute Gasteiger partial charge is 0.227 e. The molecule has 0 saturated carbocycles. The standard InChI is InChI=1S/C15H24N4O/c1-11-3-5-19(6-4-11)15(20)14-9-16-8-13(14)12-7-17-18(2)10-12/h7,10-11,13-14,16H,3-6,8-9H2,1-2H3/t13-,14+/m1/s1. The van der Waals surface area contributed by atoms with Crippen LogP contribution in [-0.2, 0) is 11.8 Å². The van der Waals surface area contributed by atoms with Crippen molar-refractivity contribution in [3.8, 4) is 0 Å². The van der Waals surface area contributed by atoms with Gasteiger partial charge in [-0.3, -0.25) is 9.48 Å². The Kier molecular flexibility index (Phi) is 3.78. The monoisotopic (exact) mass is 276 g/mol. The summed E-state index contributed by atoms with van der Waals surface area (Å²) in [5.41, 5.74) is 1.18. The Morgan fingerprint density at radius 2 is 2.10 bits per heavy atom. The minimum Gasteiger partial charge on any atom is -0.342 e. The Bertz CT molecular complexity index is 476. The number of hydrogen-bond donors (Lipinski definition) is 1. The van der Waals surface area contributed by atoms with Gasteiger partial charge in [0.2, 0.25) is 5.91 Å². The average Bonchev–Trinajstić information content (AvgIpc) is 3.07. The molecule has 0 aromatic carbocycles. The number of piperidine rings is 1. The fraction of sp³-hybridized carbons (Fsp3) is 0.733.